The predicted octanol–water partition coefficient (Wildman–Crippen LogP) is -1.78. The predicted molar refractivity (Wildman–Crippen MR) is 46.1 cm³/mol. The fraction of sp³-hybridized carbons (Fsp3) is 0.500. The van der Waals surface area contributed by atoms with Crippen molar-refractivity contribution in [2.75, 3.05) is 14.1 Å². The molecule has 2 N–H and O–H groups in total. The molecule has 1 aliphatic rings. The van der Waals surface area contributed by atoms with E-state index in [2.05, 4.69) is 0 Å². The van der Waals surface area contributed by atoms with Crippen LogP contribution in [0, 0.1) is 10.4 Å². The zero-order valence-electron chi connectivity index (χ0n) is 7.33. The first-order valence-electron chi connectivity index (χ1n) is 4.00. The van der Waals surface area contributed by atoms with Crippen molar-refractivity contribution in [1.29, 1.82) is 0 Å². The van der Waals surface area contributed by atoms with E-state index in [4.69, 9.17) is 0 Å². The summed E-state index contributed by atoms with van der Waals surface area (Å²) in [4.78, 5) is 0. The summed E-state index contributed by atoms with van der Waals surface area (Å²) >= 11 is 0. The lowest BCUT2D eigenvalue weighted by Crippen LogP contribution is -3.09. The molecular weight excluding hydrogens is 156 g/mol. The van der Waals surface area contributed by atoms with Gasteiger partial charge in [-0.2, -0.15) is 0 Å². The van der Waals surface area contributed by atoms with Gasteiger partial charge < -0.3 is 20.5 Å². The molecule has 0 aromatic rings. The molecule has 0 fully saturated rings. The Kier molecular flexibility index (Phi) is 2.99. The van der Waals surface area contributed by atoms with E-state index in [0.29, 0.717) is 6.42 Å². The highest BCUT2D eigenvalue weighted by molar-refractivity contribution is 5.15. The van der Waals surface area contributed by atoms with Crippen molar-refractivity contribution in [3.8, 4) is 0 Å². The van der Waals surface area contributed by atoms with E-state index < -0.39 is 0 Å². The molecule has 12 heavy (non-hydrogen) atoms. The van der Waals surface area contributed by atoms with E-state index in [9.17, 15) is 10.4 Å². The molecule has 3 atom stereocenters. The number of hydrogen-bond acceptors (Lipinski definition) is 2. The molecule has 1 rings (SSSR count). The Morgan fingerprint density at radius 3 is 2.58 bits per heavy atom. The third-order valence-electron chi connectivity index (χ3n) is 2.06. The van der Waals surface area contributed by atoms with Crippen LogP contribution in [0.25, 0.3) is 0 Å². The molecule has 4 nitrogen and oxygen atoms in total. The Morgan fingerprint density at radius 2 is 2.08 bits per heavy atom. The van der Waals surface area contributed by atoms with E-state index in [0.717, 1.165) is 5.70 Å². The van der Waals surface area contributed by atoms with Crippen LogP contribution in [-0.2, 0) is 0 Å². The summed E-state index contributed by atoms with van der Waals surface area (Å²) in [5.41, 5.74) is 0.748. The molecule has 0 amide bonds. The van der Waals surface area contributed by atoms with Crippen molar-refractivity contribution in [3.63, 3.8) is 0 Å². The maximum Gasteiger partial charge on any atom is 0.115 e. The van der Waals surface area contributed by atoms with E-state index in [-0.39, 0.29) is 16.2 Å². The van der Waals surface area contributed by atoms with Crippen LogP contribution in [-0.4, -0.2) is 20.1 Å². The fourth-order valence-electron chi connectivity index (χ4n) is 1.22. The van der Waals surface area contributed by atoms with E-state index in [1.807, 2.05) is 6.08 Å². The van der Waals surface area contributed by atoms with Crippen molar-refractivity contribution >= 4 is 0 Å². The summed E-state index contributed by atoms with van der Waals surface area (Å²) in [6.45, 7) is 0. The van der Waals surface area contributed by atoms with Gasteiger partial charge in [-0.15, -0.1) is 0 Å². The van der Waals surface area contributed by atoms with Crippen LogP contribution < -0.4 is 10.1 Å². The molecule has 0 heterocycles. The van der Waals surface area contributed by atoms with Crippen molar-refractivity contribution < 1.29 is 10.1 Å². The Labute approximate surface area is 71.9 Å². The lowest BCUT2D eigenvalue weighted by atomic mass is 10.1. The number of rotatable bonds is 2. The molecular formula is C8H14N2O2. The second-order valence-electron chi connectivity index (χ2n) is 3.05. The number of likely N-dealkylation sites (N-methyl/N-ethyl adjacent to an activating group) is 1. The SMILES string of the molecule is C[NH+]([O-])C1=CC=CC([NH+](C)[O-])C1. The minimum absolute atomic E-state index is 0.0607. The van der Waals surface area contributed by atoms with E-state index in [1.54, 1.807) is 19.2 Å². The summed E-state index contributed by atoms with van der Waals surface area (Å²) in [5, 5.41) is 22.1. The third-order valence-corrected chi connectivity index (χ3v) is 2.06. The van der Waals surface area contributed by atoms with Crippen LogP contribution >= 0.6 is 0 Å². The van der Waals surface area contributed by atoms with Gasteiger partial charge in [0.25, 0.3) is 0 Å². The second-order valence-corrected chi connectivity index (χ2v) is 3.05. The van der Waals surface area contributed by atoms with Gasteiger partial charge in [0.05, 0.1) is 20.5 Å². The maximum absolute atomic E-state index is 11.0. The molecule has 0 aliphatic heterocycles. The first-order chi connectivity index (χ1) is 5.61. The van der Waals surface area contributed by atoms with Crippen LogP contribution in [0.5, 0.6) is 0 Å². The van der Waals surface area contributed by atoms with Crippen LogP contribution in [0.15, 0.2) is 23.9 Å². The molecule has 4 heteroatoms. The fourth-order valence-corrected chi connectivity index (χ4v) is 1.22. The maximum atomic E-state index is 11.0. The highest BCUT2D eigenvalue weighted by Crippen LogP contribution is 2.04. The molecule has 0 spiro atoms. The van der Waals surface area contributed by atoms with Crippen molar-refractivity contribution in [1.82, 2.24) is 0 Å². The van der Waals surface area contributed by atoms with Gasteiger partial charge in [0, 0.05) is 0 Å². The average Bonchev–Trinajstić information content (AvgIpc) is 2.04. The van der Waals surface area contributed by atoms with Crippen LogP contribution in [0.2, 0.25) is 0 Å². The van der Waals surface area contributed by atoms with Gasteiger partial charge in [-0.3, -0.25) is 0 Å². The third kappa shape index (κ3) is 2.15. The van der Waals surface area contributed by atoms with Gasteiger partial charge in [-0.25, -0.2) is 0 Å². The Balaban J connectivity index is 2.61. The summed E-state index contributed by atoms with van der Waals surface area (Å²) in [7, 11) is 3.08. The summed E-state index contributed by atoms with van der Waals surface area (Å²) in [6.07, 6.45) is 5.98. The van der Waals surface area contributed by atoms with E-state index >= 15 is 0 Å². The second kappa shape index (κ2) is 3.82. The zero-order chi connectivity index (χ0) is 9.14. The van der Waals surface area contributed by atoms with Crippen LogP contribution in [0.3, 0.4) is 0 Å². The van der Waals surface area contributed by atoms with Gasteiger partial charge in [0.2, 0.25) is 0 Å². The standard InChI is InChI=1S/C8H14N2O2/c1-9(11)7-4-3-5-8(6-7)10(2)12/h3-5,7,9-10H,6H2,1-2H3. The van der Waals surface area contributed by atoms with Crippen molar-refractivity contribution in [3.05, 3.63) is 34.3 Å². The first kappa shape index (κ1) is 9.41. The van der Waals surface area contributed by atoms with Crippen LogP contribution in [0.4, 0.5) is 0 Å². The van der Waals surface area contributed by atoms with E-state index in [1.165, 1.54) is 7.05 Å². The summed E-state index contributed by atoms with van der Waals surface area (Å²) in [6, 6.07) is -0.0890. The number of nitrogens with one attached hydrogen (secondary N) is 2. The molecule has 0 saturated carbocycles. The first-order valence-corrected chi connectivity index (χ1v) is 4.00. The zero-order valence-corrected chi connectivity index (χ0v) is 7.33. The van der Waals surface area contributed by atoms with Gasteiger partial charge >= 0.3 is 0 Å². The summed E-state index contributed by atoms with van der Waals surface area (Å²) < 4.78 is 0. The minimum Gasteiger partial charge on any atom is -0.634 e. The smallest absolute Gasteiger partial charge is 0.115 e. The highest BCUT2D eigenvalue weighted by atomic mass is 16.5. The molecule has 0 aromatic carbocycles. The normalized spacial score (nSPS) is 28.0. The van der Waals surface area contributed by atoms with Gasteiger partial charge in [-0.05, 0) is 12.2 Å². The largest absolute Gasteiger partial charge is 0.634 e. The summed E-state index contributed by atoms with van der Waals surface area (Å²) in [5.74, 6) is 0. The molecule has 0 saturated heterocycles. The Hall–Kier alpha value is -0.680. The lowest BCUT2D eigenvalue weighted by Gasteiger charge is -2.29. The monoisotopic (exact) mass is 170 g/mol. The number of quaternary nitrogens is 2. The van der Waals surface area contributed by atoms with Crippen molar-refractivity contribution in [2.24, 2.45) is 0 Å². The number of hydroxylamine groups is 4. The van der Waals surface area contributed by atoms with Crippen molar-refractivity contribution in [2.45, 2.75) is 12.5 Å². The molecule has 68 valence electrons. The number of allylic oxidation sites excluding steroid dienone is 2. The molecule has 3 unspecified atom stereocenters. The number of hydrogen-bond donors (Lipinski definition) is 2. The molecule has 1 aliphatic carbocycles. The Morgan fingerprint density at radius 1 is 1.42 bits per heavy atom. The molecule has 0 bridgehead atoms. The van der Waals surface area contributed by atoms with Gasteiger partial charge in [0.1, 0.15) is 11.7 Å². The van der Waals surface area contributed by atoms with Gasteiger partial charge in [-0.1, -0.05) is 6.08 Å². The lowest BCUT2D eigenvalue weighted by molar-refractivity contribution is -0.852. The Bertz CT molecular complexity index is 209. The van der Waals surface area contributed by atoms with Gasteiger partial charge in [0.15, 0.2) is 0 Å². The average molecular weight is 170 g/mol. The topological polar surface area (TPSA) is 55.0 Å². The molecule has 0 radical (unpaired) electrons. The highest BCUT2D eigenvalue weighted by Gasteiger charge is 2.17. The quantitative estimate of drug-likeness (QED) is 0.482. The molecule has 0 aromatic heterocycles. The minimum atomic E-state index is -0.0890. The van der Waals surface area contributed by atoms with Crippen LogP contribution in [0.1, 0.15) is 6.42 Å².